The number of rotatable bonds is 4. The predicted molar refractivity (Wildman–Crippen MR) is 65.3 cm³/mol. The van der Waals surface area contributed by atoms with E-state index in [2.05, 4.69) is 31.3 Å². The van der Waals surface area contributed by atoms with Crippen molar-refractivity contribution in [2.75, 3.05) is 0 Å². The molecule has 1 N–H and O–H groups in total. The summed E-state index contributed by atoms with van der Waals surface area (Å²) in [4.78, 5) is 0. The number of aryl methyl sites for hydroxylation is 1. The number of nitrogens with one attached hydrogen (secondary N) is 1. The minimum atomic E-state index is 0.452. The Balaban J connectivity index is 1.96. The van der Waals surface area contributed by atoms with Crippen molar-refractivity contribution >= 4 is 11.6 Å². The van der Waals surface area contributed by atoms with E-state index in [-0.39, 0.29) is 0 Å². The van der Waals surface area contributed by atoms with Crippen molar-refractivity contribution in [2.24, 2.45) is 0 Å². The third kappa shape index (κ3) is 2.53. The number of benzene rings is 1. The van der Waals surface area contributed by atoms with Gasteiger partial charge in [0.25, 0.3) is 0 Å². The first-order valence-electron chi connectivity index (χ1n) is 5.65. The Labute approximate surface area is 96.8 Å². The van der Waals surface area contributed by atoms with Crippen molar-refractivity contribution in [1.82, 2.24) is 5.32 Å². The predicted octanol–water partition coefficient (Wildman–Crippen LogP) is 3.68. The molecule has 0 aromatic heterocycles. The van der Waals surface area contributed by atoms with E-state index in [9.17, 15) is 0 Å². The second-order valence-corrected chi connectivity index (χ2v) is 4.98. The molecule has 0 unspecified atom stereocenters. The van der Waals surface area contributed by atoms with Gasteiger partial charge in [0.1, 0.15) is 0 Å². The molecule has 1 saturated carbocycles. The van der Waals surface area contributed by atoms with Crippen LogP contribution < -0.4 is 5.32 Å². The summed E-state index contributed by atoms with van der Waals surface area (Å²) < 4.78 is 0. The molecule has 0 aliphatic heterocycles. The van der Waals surface area contributed by atoms with Crippen LogP contribution in [-0.4, -0.2) is 5.54 Å². The molecule has 0 atom stereocenters. The van der Waals surface area contributed by atoms with Crippen molar-refractivity contribution in [3.05, 3.63) is 34.3 Å². The Morgan fingerprint density at radius 3 is 2.67 bits per heavy atom. The van der Waals surface area contributed by atoms with E-state index in [1.807, 2.05) is 6.07 Å². The summed E-state index contributed by atoms with van der Waals surface area (Å²) in [5, 5.41) is 4.50. The molecule has 0 radical (unpaired) electrons. The third-order valence-corrected chi connectivity index (χ3v) is 3.84. The molecule has 1 aromatic rings. The SMILES string of the molecule is CCC1(NCc2ccc(Cl)c(C)c2)CC1. The van der Waals surface area contributed by atoms with Crippen molar-refractivity contribution < 1.29 is 0 Å². The lowest BCUT2D eigenvalue weighted by Gasteiger charge is -2.15. The maximum absolute atomic E-state index is 5.99. The maximum atomic E-state index is 5.99. The van der Waals surface area contributed by atoms with Crippen LogP contribution in [0.15, 0.2) is 18.2 Å². The summed E-state index contributed by atoms with van der Waals surface area (Å²) in [7, 11) is 0. The van der Waals surface area contributed by atoms with E-state index in [0.717, 1.165) is 17.1 Å². The third-order valence-electron chi connectivity index (χ3n) is 3.42. The average molecular weight is 224 g/mol. The highest BCUT2D eigenvalue weighted by molar-refractivity contribution is 6.31. The quantitative estimate of drug-likeness (QED) is 0.821. The Morgan fingerprint density at radius 1 is 1.40 bits per heavy atom. The summed E-state index contributed by atoms with van der Waals surface area (Å²) in [6.45, 7) is 5.28. The minimum absolute atomic E-state index is 0.452. The number of halogens is 1. The fraction of sp³-hybridized carbons (Fsp3) is 0.538. The van der Waals surface area contributed by atoms with Gasteiger partial charge < -0.3 is 5.32 Å². The highest BCUT2D eigenvalue weighted by Crippen LogP contribution is 2.38. The summed E-state index contributed by atoms with van der Waals surface area (Å²) in [5.41, 5.74) is 2.95. The Bertz CT molecular complexity index is 356. The molecule has 1 aliphatic carbocycles. The van der Waals surface area contributed by atoms with E-state index in [1.54, 1.807) is 0 Å². The van der Waals surface area contributed by atoms with E-state index in [1.165, 1.54) is 24.8 Å². The standard InChI is InChI=1S/C13H18ClN/c1-3-13(6-7-13)15-9-11-4-5-12(14)10(2)8-11/h4-5,8,15H,3,6-7,9H2,1-2H3. The molecule has 1 fully saturated rings. The minimum Gasteiger partial charge on any atom is -0.307 e. The van der Waals surface area contributed by atoms with Crippen LogP contribution in [0.1, 0.15) is 37.3 Å². The summed E-state index contributed by atoms with van der Waals surface area (Å²) in [5.74, 6) is 0. The highest BCUT2D eigenvalue weighted by Gasteiger charge is 2.39. The lowest BCUT2D eigenvalue weighted by molar-refractivity contribution is 0.482. The molecule has 1 aromatic carbocycles. The van der Waals surface area contributed by atoms with Crippen molar-refractivity contribution in [2.45, 2.75) is 45.2 Å². The monoisotopic (exact) mass is 223 g/mol. The van der Waals surface area contributed by atoms with Gasteiger partial charge in [-0.1, -0.05) is 30.7 Å². The molecule has 0 amide bonds. The van der Waals surface area contributed by atoms with E-state index >= 15 is 0 Å². The topological polar surface area (TPSA) is 12.0 Å². The molecule has 0 spiro atoms. The molecule has 0 saturated heterocycles. The van der Waals surface area contributed by atoms with Crippen LogP contribution in [0.25, 0.3) is 0 Å². The first kappa shape index (κ1) is 11.0. The van der Waals surface area contributed by atoms with Gasteiger partial charge in [0.15, 0.2) is 0 Å². The van der Waals surface area contributed by atoms with Gasteiger partial charge in [-0.15, -0.1) is 0 Å². The first-order chi connectivity index (χ1) is 7.15. The number of hydrogen-bond donors (Lipinski definition) is 1. The summed E-state index contributed by atoms with van der Waals surface area (Å²) in [6.07, 6.45) is 3.89. The smallest absolute Gasteiger partial charge is 0.0435 e. The molecule has 0 heterocycles. The van der Waals surface area contributed by atoms with E-state index < -0.39 is 0 Å². The zero-order chi connectivity index (χ0) is 10.9. The van der Waals surface area contributed by atoms with Gasteiger partial charge in [-0.05, 0) is 43.4 Å². The van der Waals surface area contributed by atoms with Crippen LogP contribution in [-0.2, 0) is 6.54 Å². The van der Waals surface area contributed by atoms with Crippen LogP contribution in [0.2, 0.25) is 5.02 Å². The molecule has 2 heteroatoms. The van der Waals surface area contributed by atoms with Crippen LogP contribution >= 0.6 is 11.6 Å². The van der Waals surface area contributed by atoms with Crippen LogP contribution in [0.4, 0.5) is 0 Å². The second-order valence-electron chi connectivity index (χ2n) is 4.57. The molecular formula is C13H18ClN. The zero-order valence-corrected chi connectivity index (χ0v) is 10.2. The zero-order valence-electron chi connectivity index (χ0n) is 9.44. The van der Waals surface area contributed by atoms with Gasteiger partial charge in [-0.3, -0.25) is 0 Å². The van der Waals surface area contributed by atoms with E-state index in [0.29, 0.717) is 5.54 Å². The number of hydrogen-bond acceptors (Lipinski definition) is 1. The average Bonchev–Trinajstić information content (AvgIpc) is 3.01. The summed E-state index contributed by atoms with van der Waals surface area (Å²) in [6, 6.07) is 6.26. The fourth-order valence-electron chi connectivity index (χ4n) is 1.91. The van der Waals surface area contributed by atoms with E-state index in [4.69, 9.17) is 11.6 Å². The first-order valence-corrected chi connectivity index (χ1v) is 6.03. The normalized spacial score (nSPS) is 17.8. The lowest BCUT2D eigenvalue weighted by Crippen LogP contribution is -2.29. The van der Waals surface area contributed by atoms with Gasteiger partial charge in [0, 0.05) is 17.1 Å². The van der Waals surface area contributed by atoms with Crippen molar-refractivity contribution in [3.63, 3.8) is 0 Å². The fourth-order valence-corrected chi connectivity index (χ4v) is 2.03. The summed E-state index contributed by atoms with van der Waals surface area (Å²) >= 11 is 5.99. The maximum Gasteiger partial charge on any atom is 0.0435 e. The molecule has 1 nitrogen and oxygen atoms in total. The largest absolute Gasteiger partial charge is 0.307 e. The molecule has 0 bridgehead atoms. The van der Waals surface area contributed by atoms with Crippen LogP contribution in [0, 0.1) is 6.92 Å². The van der Waals surface area contributed by atoms with Gasteiger partial charge in [0.2, 0.25) is 0 Å². The molecular weight excluding hydrogens is 206 g/mol. The van der Waals surface area contributed by atoms with Gasteiger partial charge in [-0.25, -0.2) is 0 Å². The lowest BCUT2D eigenvalue weighted by atomic mass is 10.1. The van der Waals surface area contributed by atoms with Crippen LogP contribution in [0.5, 0.6) is 0 Å². The van der Waals surface area contributed by atoms with Gasteiger partial charge in [-0.2, -0.15) is 0 Å². The van der Waals surface area contributed by atoms with Crippen molar-refractivity contribution in [1.29, 1.82) is 0 Å². The van der Waals surface area contributed by atoms with Gasteiger partial charge in [0.05, 0.1) is 0 Å². The Hall–Kier alpha value is -0.530. The Kier molecular flexibility index (Phi) is 3.03. The van der Waals surface area contributed by atoms with Crippen LogP contribution in [0.3, 0.4) is 0 Å². The Morgan fingerprint density at radius 2 is 2.13 bits per heavy atom. The second kappa shape index (κ2) is 4.15. The van der Waals surface area contributed by atoms with Crippen molar-refractivity contribution in [3.8, 4) is 0 Å². The molecule has 15 heavy (non-hydrogen) atoms. The van der Waals surface area contributed by atoms with Gasteiger partial charge >= 0.3 is 0 Å². The molecule has 2 rings (SSSR count). The molecule has 1 aliphatic rings. The molecule has 82 valence electrons. The highest BCUT2D eigenvalue weighted by atomic mass is 35.5.